The van der Waals surface area contributed by atoms with E-state index in [1.807, 2.05) is 6.07 Å². The molecule has 0 radical (unpaired) electrons. The van der Waals surface area contributed by atoms with Crippen LogP contribution < -0.4 is 10.5 Å². The molecule has 26 heavy (non-hydrogen) atoms. The van der Waals surface area contributed by atoms with Crippen molar-refractivity contribution in [3.05, 3.63) is 51.4 Å². The Morgan fingerprint density at radius 1 is 1.23 bits per heavy atom. The predicted molar refractivity (Wildman–Crippen MR) is 97.2 cm³/mol. The van der Waals surface area contributed by atoms with Gasteiger partial charge in [-0.05, 0) is 37.0 Å². The van der Waals surface area contributed by atoms with Gasteiger partial charge in [0.25, 0.3) is 5.56 Å². The van der Waals surface area contributed by atoms with Crippen molar-refractivity contribution in [3.63, 3.8) is 0 Å². The summed E-state index contributed by atoms with van der Waals surface area (Å²) in [4.78, 5) is 36.4. The highest BCUT2D eigenvalue weighted by Gasteiger charge is 2.26. The maximum Gasteiger partial charge on any atom is 0.255 e. The highest BCUT2D eigenvalue weighted by atomic mass is 16.3. The van der Waals surface area contributed by atoms with Gasteiger partial charge in [-0.15, -0.1) is 0 Å². The lowest BCUT2D eigenvalue weighted by molar-refractivity contribution is -0.131. The first-order chi connectivity index (χ1) is 12.6. The van der Waals surface area contributed by atoms with Gasteiger partial charge in [-0.3, -0.25) is 14.6 Å². The number of phenols is 1. The van der Waals surface area contributed by atoms with Crippen LogP contribution in [0, 0.1) is 0 Å². The van der Waals surface area contributed by atoms with Crippen molar-refractivity contribution in [1.29, 1.82) is 0 Å². The molecule has 1 amide bonds. The van der Waals surface area contributed by atoms with Crippen molar-refractivity contribution < 1.29 is 9.90 Å². The van der Waals surface area contributed by atoms with Crippen molar-refractivity contribution >= 4 is 11.9 Å². The smallest absolute Gasteiger partial charge is 0.255 e. The number of anilines is 1. The molecule has 0 bridgehead atoms. The molecule has 0 spiro atoms. The van der Waals surface area contributed by atoms with E-state index in [2.05, 4.69) is 14.9 Å². The Hall–Kier alpha value is -2.83. The summed E-state index contributed by atoms with van der Waals surface area (Å²) in [5.74, 6) is 0.752. The van der Waals surface area contributed by atoms with Crippen molar-refractivity contribution in [3.8, 4) is 5.75 Å². The number of nitrogens with zero attached hydrogens (tertiary/aromatic N) is 3. The molecule has 4 rings (SSSR count). The van der Waals surface area contributed by atoms with Gasteiger partial charge in [-0.25, -0.2) is 4.98 Å². The monoisotopic (exact) mass is 354 g/mol. The van der Waals surface area contributed by atoms with Gasteiger partial charge in [0.1, 0.15) is 5.75 Å². The topological polar surface area (TPSA) is 89.5 Å². The average molecular weight is 354 g/mol. The number of aromatic hydroxyl groups is 1. The van der Waals surface area contributed by atoms with Crippen molar-refractivity contribution in [2.24, 2.45) is 0 Å². The highest BCUT2D eigenvalue weighted by Crippen LogP contribution is 2.20. The molecule has 3 heterocycles. The molecule has 2 N–H and O–H groups in total. The van der Waals surface area contributed by atoms with Crippen molar-refractivity contribution in [2.75, 3.05) is 24.5 Å². The standard InChI is InChI=1S/C19H22N4O3/c24-14-5-3-4-13(10-14)11-17(25)23-9-6-15-16(12-23)20-19(21-18(15)26)22-7-1-2-8-22/h3-5,10,24H,1-2,6-9,11-12H2,(H,20,21,26). The molecule has 2 aliphatic heterocycles. The van der Waals surface area contributed by atoms with E-state index in [1.165, 1.54) is 0 Å². The average Bonchev–Trinajstić information content (AvgIpc) is 3.16. The number of hydrogen-bond acceptors (Lipinski definition) is 5. The molecule has 136 valence electrons. The van der Waals surface area contributed by atoms with E-state index in [-0.39, 0.29) is 23.6 Å². The lowest BCUT2D eigenvalue weighted by atomic mass is 10.0. The van der Waals surface area contributed by atoms with Gasteiger partial charge < -0.3 is 14.9 Å². The summed E-state index contributed by atoms with van der Waals surface area (Å²) in [6.07, 6.45) is 2.96. The Morgan fingerprint density at radius 2 is 2.04 bits per heavy atom. The molecule has 0 saturated carbocycles. The second kappa shape index (κ2) is 6.82. The number of carbonyl (C=O) groups excluding carboxylic acids is 1. The molecule has 2 aliphatic rings. The number of H-pyrrole nitrogens is 1. The Morgan fingerprint density at radius 3 is 2.81 bits per heavy atom. The first-order valence-corrected chi connectivity index (χ1v) is 9.03. The highest BCUT2D eigenvalue weighted by molar-refractivity contribution is 5.79. The van der Waals surface area contributed by atoms with Crippen LogP contribution in [-0.4, -0.2) is 45.5 Å². The van der Waals surface area contributed by atoms with Crippen LogP contribution in [0.5, 0.6) is 5.75 Å². The molecule has 0 unspecified atom stereocenters. The van der Waals surface area contributed by atoms with Crippen molar-refractivity contribution in [2.45, 2.75) is 32.2 Å². The number of rotatable bonds is 3. The lowest BCUT2D eigenvalue weighted by Gasteiger charge is -2.28. The van der Waals surface area contributed by atoms with E-state index in [0.29, 0.717) is 36.7 Å². The third kappa shape index (κ3) is 3.29. The van der Waals surface area contributed by atoms with Crippen LogP contribution in [0.2, 0.25) is 0 Å². The van der Waals surface area contributed by atoms with Crippen LogP contribution in [0.15, 0.2) is 29.1 Å². The number of nitrogens with one attached hydrogen (secondary N) is 1. The van der Waals surface area contributed by atoms with E-state index in [4.69, 9.17) is 0 Å². The maximum absolute atomic E-state index is 12.6. The molecule has 1 fully saturated rings. The van der Waals surface area contributed by atoms with Gasteiger partial charge in [0.15, 0.2) is 0 Å². The van der Waals surface area contributed by atoms with E-state index in [0.717, 1.165) is 31.5 Å². The van der Waals surface area contributed by atoms with Gasteiger partial charge in [-0.1, -0.05) is 12.1 Å². The molecule has 1 aromatic carbocycles. The minimum absolute atomic E-state index is 0.0222. The minimum Gasteiger partial charge on any atom is -0.508 e. The van der Waals surface area contributed by atoms with E-state index < -0.39 is 0 Å². The summed E-state index contributed by atoms with van der Waals surface area (Å²) in [6, 6.07) is 6.74. The maximum atomic E-state index is 12.6. The lowest BCUT2D eigenvalue weighted by Crippen LogP contribution is -2.40. The number of aromatic amines is 1. The van der Waals surface area contributed by atoms with Gasteiger partial charge >= 0.3 is 0 Å². The third-order valence-electron chi connectivity index (χ3n) is 5.09. The Labute approximate surface area is 151 Å². The largest absolute Gasteiger partial charge is 0.508 e. The van der Waals surface area contributed by atoms with E-state index in [9.17, 15) is 14.7 Å². The SMILES string of the molecule is O=C(Cc1cccc(O)c1)N1CCc2c(nc(N3CCCC3)[nH]c2=O)C1. The van der Waals surface area contributed by atoms with Crippen molar-refractivity contribution in [1.82, 2.24) is 14.9 Å². The quantitative estimate of drug-likeness (QED) is 0.865. The number of phenolic OH excluding ortho intramolecular Hbond substituents is 1. The normalized spacial score (nSPS) is 16.6. The summed E-state index contributed by atoms with van der Waals surface area (Å²) >= 11 is 0. The van der Waals surface area contributed by atoms with Gasteiger partial charge in [0.2, 0.25) is 11.9 Å². The van der Waals surface area contributed by atoms with E-state index >= 15 is 0 Å². The second-order valence-electron chi connectivity index (χ2n) is 6.92. The fraction of sp³-hybridized carbons (Fsp3) is 0.421. The molecule has 1 saturated heterocycles. The molecule has 7 nitrogen and oxygen atoms in total. The van der Waals surface area contributed by atoms with Crippen LogP contribution in [0.3, 0.4) is 0 Å². The Bertz CT molecular complexity index is 887. The Kier molecular flexibility index (Phi) is 4.36. The summed E-state index contributed by atoms with van der Waals surface area (Å²) in [5.41, 5.74) is 2.08. The van der Waals surface area contributed by atoms with Crippen LogP contribution >= 0.6 is 0 Å². The molecular formula is C19H22N4O3. The van der Waals surface area contributed by atoms with Crippen LogP contribution in [-0.2, 0) is 24.2 Å². The zero-order valence-electron chi connectivity index (χ0n) is 14.6. The van der Waals surface area contributed by atoms with Crippen LogP contribution in [0.4, 0.5) is 5.95 Å². The number of hydrogen-bond donors (Lipinski definition) is 2. The van der Waals surface area contributed by atoms with Gasteiger partial charge in [0.05, 0.1) is 18.7 Å². The fourth-order valence-corrected chi connectivity index (χ4v) is 3.67. The predicted octanol–water partition coefficient (Wildman–Crippen LogP) is 1.20. The first-order valence-electron chi connectivity index (χ1n) is 9.03. The summed E-state index contributed by atoms with van der Waals surface area (Å²) < 4.78 is 0. The third-order valence-corrected chi connectivity index (χ3v) is 5.09. The van der Waals surface area contributed by atoms with E-state index in [1.54, 1.807) is 23.1 Å². The van der Waals surface area contributed by atoms with Gasteiger partial charge in [0, 0.05) is 25.2 Å². The molecule has 0 atom stereocenters. The molecule has 0 aliphatic carbocycles. The zero-order chi connectivity index (χ0) is 18.1. The summed E-state index contributed by atoms with van der Waals surface area (Å²) in [6.45, 7) is 2.68. The van der Waals surface area contributed by atoms with Crippen LogP contribution in [0.1, 0.15) is 29.7 Å². The Balaban J connectivity index is 1.52. The molecule has 1 aromatic heterocycles. The first kappa shape index (κ1) is 16.6. The fourth-order valence-electron chi connectivity index (χ4n) is 3.67. The number of benzene rings is 1. The van der Waals surface area contributed by atoms with Gasteiger partial charge in [-0.2, -0.15) is 0 Å². The molecule has 2 aromatic rings. The summed E-state index contributed by atoms with van der Waals surface area (Å²) in [5, 5.41) is 9.55. The van der Waals surface area contributed by atoms with Crippen LogP contribution in [0.25, 0.3) is 0 Å². The second-order valence-corrected chi connectivity index (χ2v) is 6.92. The number of amides is 1. The number of carbonyl (C=O) groups is 1. The zero-order valence-corrected chi connectivity index (χ0v) is 14.6. The minimum atomic E-state index is -0.0861. The molecular weight excluding hydrogens is 332 g/mol. The summed E-state index contributed by atoms with van der Waals surface area (Å²) in [7, 11) is 0. The number of fused-ring (bicyclic) bond motifs is 1. The molecule has 7 heteroatoms. The number of aromatic nitrogens is 2.